The van der Waals surface area contributed by atoms with Gasteiger partial charge in [-0.15, -0.1) is 17.6 Å². The van der Waals surface area contributed by atoms with Crippen molar-refractivity contribution >= 4 is 0 Å². The maximum atomic E-state index is 13.6. The zero-order valence-electron chi connectivity index (χ0n) is 29.4. The number of hydrogen-bond acceptors (Lipinski definition) is 3. The Labute approximate surface area is 323 Å². The smallest absolute Gasteiger partial charge is 0.341 e. The second-order valence-electron chi connectivity index (χ2n) is 10.6. The summed E-state index contributed by atoms with van der Waals surface area (Å²) in [7, 11) is 0. The summed E-state index contributed by atoms with van der Waals surface area (Å²) in [6.45, 7) is -2.29. The van der Waals surface area contributed by atoms with E-state index in [1.54, 1.807) is 0 Å². The molecule has 3 nitrogen and oxygen atoms in total. The van der Waals surface area contributed by atoms with Crippen LogP contribution in [0.2, 0.25) is 0 Å². The van der Waals surface area contributed by atoms with Crippen LogP contribution in [-0.2, 0) is 14.2 Å². The molecule has 0 N–H and O–H groups in total. The fourth-order valence-corrected chi connectivity index (χ4v) is 3.52. The minimum Gasteiger partial charge on any atom is -0.341 e. The maximum absolute atomic E-state index is 13.6. The summed E-state index contributed by atoms with van der Waals surface area (Å²) >= 11 is 0. The van der Waals surface area contributed by atoms with Crippen molar-refractivity contribution in [3.8, 4) is 0 Å². The molecule has 0 spiro atoms. The van der Waals surface area contributed by atoms with Crippen LogP contribution in [0.25, 0.3) is 0 Å². The van der Waals surface area contributed by atoms with Crippen LogP contribution in [0.5, 0.6) is 0 Å². The SMILES string of the molecule is CCOC(F)(C(F)C(F)(F)F)C(F)(C(F)(F)F)C(F)(F)F.CCOC(F)(C(F)C(F)(F)F)C(F)(C(F)(F)F)C(F)(F)F.CCOC(F)(C(F)CC(F)(F)F)C(F)(F)F.FC(F)(F)F. The molecule has 0 amide bonds. The molecule has 0 aliphatic carbocycles. The molecule has 0 aromatic carbocycles. The van der Waals surface area contributed by atoms with Crippen LogP contribution < -0.4 is 0 Å². The highest BCUT2D eigenvalue weighted by atomic mass is 19.5. The summed E-state index contributed by atoms with van der Waals surface area (Å²) in [5.41, 5.74) is -14.4. The van der Waals surface area contributed by atoms with Gasteiger partial charge in [0.2, 0.25) is 0 Å². The predicted octanol–water partition coefficient (Wildman–Crippen LogP) is 13.9. The topological polar surface area (TPSA) is 27.7 Å². The van der Waals surface area contributed by atoms with Crippen LogP contribution >= 0.6 is 0 Å². The van der Waals surface area contributed by atoms with Gasteiger partial charge in [0.05, 0.1) is 6.42 Å². The van der Waals surface area contributed by atoms with Gasteiger partial charge in [-0.2, -0.15) is 110 Å². The van der Waals surface area contributed by atoms with Crippen molar-refractivity contribution in [1.82, 2.24) is 0 Å². The summed E-state index contributed by atoms with van der Waals surface area (Å²) in [4.78, 5) is 0. The first kappa shape index (κ1) is 67.0. The Kier molecular flexibility index (Phi) is 22.7. The lowest BCUT2D eigenvalue weighted by atomic mass is 9.90. The summed E-state index contributed by atoms with van der Waals surface area (Å²) in [6.07, 6.45) is -76.3. The average Bonchev–Trinajstić information content (AvgIpc) is 2.98. The molecular weight excluding hydrogens is 1020 g/mol. The number of rotatable bonds is 12. The zero-order chi connectivity index (χ0) is 52.7. The molecule has 39 heteroatoms. The highest BCUT2D eigenvalue weighted by Gasteiger charge is 2.89. The van der Waals surface area contributed by atoms with E-state index >= 15 is 0 Å². The van der Waals surface area contributed by atoms with Crippen molar-refractivity contribution in [3.05, 3.63) is 0 Å². The summed E-state index contributed by atoms with van der Waals surface area (Å²) in [6, 6.07) is 0. The second kappa shape index (κ2) is 21.3. The summed E-state index contributed by atoms with van der Waals surface area (Å²) in [5, 5.41) is 0. The molecule has 0 aromatic rings. The number of alkyl halides is 36. The Morgan fingerprint density at radius 2 is 0.508 bits per heavy atom. The molecule has 0 aliphatic heterocycles. The van der Waals surface area contributed by atoms with Gasteiger partial charge in [0.15, 0.2) is 6.17 Å². The molecule has 0 bridgehead atoms. The first-order valence-corrected chi connectivity index (χ1v) is 14.4. The number of hydrogen-bond donors (Lipinski definition) is 0. The normalized spacial score (nSPS) is 18.7. The fourth-order valence-electron chi connectivity index (χ4n) is 3.52. The van der Waals surface area contributed by atoms with Crippen LogP contribution in [0.15, 0.2) is 0 Å². The number of ether oxygens (including phenoxy) is 3. The van der Waals surface area contributed by atoms with E-state index < -0.39 is 129 Å². The van der Waals surface area contributed by atoms with E-state index in [4.69, 9.17) is 0 Å². The minimum absolute atomic E-state index is 0.449. The van der Waals surface area contributed by atoms with Crippen molar-refractivity contribution in [1.29, 1.82) is 0 Å². The van der Waals surface area contributed by atoms with Crippen LogP contribution in [-0.4, -0.2) is 123 Å². The van der Waals surface area contributed by atoms with Gasteiger partial charge >= 0.3 is 84.7 Å². The maximum Gasteiger partial charge on any atom is 0.559 e. The quantitative estimate of drug-likeness (QED) is 0.182. The first-order valence-electron chi connectivity index (χ1n) is 14.4. The van der Waals surface area contributed by atoms with E-state index in [0.29, 0.717) is 13.8 Å². The van der Waals surface area contributed by atoms with Gasteiger partial charge in [0, 0.05) is 19.8 Å². The molecule has 0 rings (SSSR count). The molecule has 63 heavy (non-hydrogen) atoms. The summed E-state index contributed by atoms with van der Waals surface area (Å²) < 4.78 is 443. The van der Waals surface area contributed by atoms with E-state index in [-0.39, 0.29) is 0 Å². The molecule has 0 saturated heterocycles. The van der Waals surface area contributed by atoms with Crippen molar-refractivity contribution in [2.45, 2.75) is 130 Å². The lowest BCUT2D eigenvalue weighted by Gasteiger charge is -2.42. The van der Waals surface area contributed by atoms with E-state index in [9.17, 15) is 158 Å². The van der Waals surface area contributed by atoms with Gasteiger partial charge in [-0.3, -0.25) is 0 Å². The average molecular weight is 1040 g/mol. The second-order valence-corrected chi connectivity index (χ2v) is 10.6. The van der Waals surface area contributed by atoms with Crippen LogP contribution in [0, 0.1) is 0 Å². The Hall–Kier alpha value is -2.64. The molecule has 0 heterocycles. The Balaban J connectivity index is -0.000000395. The van der Waals surface area contributed by atoms with E-state index in [2.05, 4.69) is 14.2 Å². The fraction of sp³-hybridized carbons (Fsp3) is 1.00. The Bertz CT molecular complexity index is 1210. The van der Waals surface area contributed by atoms with Gasteiger partial charge in [0.1, 0.15) is 0 Å². The van der Waals surface area contributed by atoms with E-state index in [1.165, 1.54) is 0 Å². The van der Waals surface area contributed by atoms with Gasteiger partial charge in [0.25, 0.3) is 12.3 Å². The van der Waals surface area contributed by atoms with Crippen LogP contribution in [0.3, 0.4) is 0 Å². The standard InChI is InChI=1S/2C8H6F12O.C7H8F8O.CF4/c2*1-2-21-4(10,3(9)5(11,12)13)6(14,7(15,16)17)8(18,19)20;1-2-16-6(12,7(13,14)15)4(8)3-5(9,10)11;2-1(3,4)5/h2*3H,2H2,1H3;4H,2-3H2,1H3;. The van der Waals surface area contributed by atoms with Gasteiger partial charge in [-0.05, 0) is 20.8 Å². The Morgan fingerprint density at radius 3 is 0.635 bits per heavy atom. The molecular formula is C24H20F36O3. The van der Waals surface area contributed by atoms with Crippen molar-refractivity contribution in [2.24, 2.45) is 0 Å². The van der Waals surface area contributed by atoms with E-state index in [1.807, 2.05) is 0 Å². The first-order chi connectivity index (χ1) is 26.9. The third-order valence-corrected chi connectivity index (χ3v) is 5.99. The highest BCUT2D eigenvalue weighted by molar-refractivity contribution is 5.11. The van der Waals surface area contributed by atoms with Crippen molar-refractivity contribution < 1.29 is 172 Å². The number of halogens is 36. The predicted molar refractivity (Wildman–Crippen MR) is 129 cm³/mol. The molecule has 0 fully saturated rings. The monoisotopic (exact) mass is 1040 g/mol. The van der Waals surface area contributed by atoms with Crippen LogP contribution in [0.4, 0.5) is 158 Å². The summed E-state index contributed by atoms with van der Waals surface area (Å²) in [5.74, 6) is -17.7. The minimum atomic E-state index is -7.26. The highest BCUT2D eigenvalue weighted by Crippen LogP contribution is 2.59. The molecule has 6 unspecified atom stereocenters. The molecule has 0 aromatic heterocycles. The van der Waals surface area contributed by atoms with Gasteiger partial charge in [-0.1, -0.05) is 0 Å². The van der Waals surface area contributed by atoms with Gasteiger partial charge in [-0.25, -0.2) is 30.7 Å². The van der Waals surface area contributed by atoms with Crippen molar-refractivity contribution in [2.75, 3.05) is 19.8 Å². The third-order valence-electron chi connectivity index (χ3n) is 5.99. The lowest BCUT2D eigenvalue weighted by Crippen LogP contribution is -2.72. The molecule has 6 atom stereocenters. The zero-order valence-corrected chi connectivity index (χ0v) is 29.4. The van der Waals surface area contributed by atoms with Crippen LogP contribution in [0.1, 0.15) is 27.2 Å². The molecule has 386 valence electrons. The van der Waals surface area contributed by atoms with Gasteiger partial charge < -0.3 is 14.2 Å². The molecule has 0 aliphatic rings. The Morgan fingerprint density at radius 1 is 0.317 bits per heavy atom. The molecule has 0 radical (unpaired) electrons. The molecule has 0 saturated carbocycles. The largest absolute Gasteiger partial charge is 0.559 e. The third kappa shape index (κ3) is 16.9. The lowest BCUT2D eigenvalue weighted by molar-refractivity contribution is -0.441. The van der Waals surface area contributed by atoms with E-state index in [0.717, 1.165) is 6.92 Å². The van der Waals surface area contributed by atoms with Crippen molar-refractivity contribution in [3.63, 3.8) is 0 Å².